The summed E-state index contributed by atoms with van der Waals surface area (Å²) in [6.07, 6.45) is 61.0. The van der Waals surface area contributed by atoms with E-state index in [-0.39, 0.29) is 25.2 Å². The maximum atomic E-state index is 12.7. The Bertz CT molecular complexity index is 1010. The number of hydrogen-bond donors (Lipinski definition) is 0. The molecule has 0 spiro atoms. The van der Waals surface area contributed by atoms with Crippen molar-refractivity contribution in [3.05, 3.63) is 60.8 Å². The lowest BCUT2D eigenvalue weighted by atomic mass is 10.1. The summed E-state index contributed by atoms with van der Waals surface area (Å²) in [6, 6.07) is 0. The van der Waals surface area contributed by atoms with E-state index in [4.69, 9.17) is 14.2 Å². The van der Waals surface area contributed by atoms with Crippen LogP contribution in [0.2, 0.25) is 0 Å². The van der Waals surface area contributed by atoms with Crippen LogP contribution in [0.1, 0.15) is 239 Å². The fourth-order valence-corrected chi connectivity index (χ4v) is 6.85. The van der Waals surface area contributed by atoms with Crippen LogP contribution in [0.4, 0.5) is 0 Å². The van der Waals surface area contributed by atoms with Crippen molar-refractivity contribution in [3.8, 4) is 0 Å². The molecule has 1 unspecified atom stereocenters. The molecule has 0 heterocycles. The van der Waals surface area contributed by atoms with Crippen molar-refractivity contribution in [1.82, 2.24) is 0 Å². The van der Waals surface area contributed by atoms with Crippen LogP contribution in [-0.2, 0) is 23.8 Å². The Labute approximate surface area is 360 Å². The Kier molecular flexibility index (Phi) is 46.9. The molecule has 0 aliphatic heterocycles. The van der Waals surface area contributed by atoms with Crippen molar-refractivity contribution in [2.75, 3.05) is 19.8 Å². The molecule has 0 saturated carbocycles. The number of rotatable bonds is 45. The molecule has 0 aliphatic rings. The van der Waals surface area contributed by atoms with Crippen molar-refractivity contribution >= 4 is 11.9 Å². The molecule has 0 aliphatic carbocycles. The third-order valence-corrected chi connectivity index (χ3v) is 10.5. The van der Waals surface area contributed by atoms with Gasteiger partial charge in [-0.3, -0.25) is 9.59 Å². The molecular weight excluding hydrogens is 717 g/mol. The van der Waals surface area contributed by atoms with Crippen LogP contribution in [0.25, 0.3) is 0 Å². The Morgan fingerprint density at radius 2 is 0.776 bits per heavy atom. The molecule has 0 aromatic rings. The quantitative estimate of drug-likeness (QED) is 0.0348. The molecule has 5 nitrogen and oxygen atoms in total. The van der Waals surface area contributed by atoms with Gasteiger partial charge in [0, 0.05) is 19.4 Å². The number of hydrogen-bond acceptors (Lipinski definition) is 5. The summed E-state index contributed by atoms with van der Waals surface area (Å²) in [4.78, 5) is 25.2. The van der Waals surface area contributed by atoms with E-state index < -0.39 is 6.10 Å². The molecule has 58 heavy (non-hydrogen) atoms. The van der Waals surface area contributed by atoms with Crippen LogP contribution in [0.5, 0.6) is 0 Å². The minimum absolute atomic E-state index is 0.0755. The average Bonchev–Trinajstić information content (AvgIpc) is 3.22. The van der Waals surface area contributed by atoms with Crippen molar-refractivity contribution in [3.63, 3.8) is 0 Å². The summed E-state index contributed by atoms with van der Waals surface area (Å²) in [5, 5.41) is 0. The molecule has 0 amide bonds. The van der Waals surface area contributed by atoms with Gasteiger partial charge in [-0.05, 0) is 83.5 Å². The second kappa shape index (κ2) is 49.0. The number of unbranched alkanes of at least 4 members (excludes halogenated alkanes) is 24. The van der Waals surface area contributed by atoms with Crippen molar-refractivity contribution < 1.29 is 23.8 Å². The third kappa shape index (κ3) is 46.3. The number of esters is 2. The summed E-state index contributed by atoms with van der Waals surface area (Å²) in [5.74, 6) is -0.420. The van der Waals surface area contributed by atoms with E-state index in [9.17, 15) is 9.59 Å². The van der Waals surface area contributed by atoms with Crippen LogP contribution in [-0.4, -0.2) is 37.9 Å². The fourth-order valence-electron chi connectivity index (χ4n) is 6.85. The highest BCUT2D eigenvalue weighted by Gasteiger charge is 2.17. The normalized spacial score (nSPS) is 12.7. The van der Waals surface area contributed by atoms with Gasteiger partial charge in [-0.25, -0.2) is 0 Å². The lowest BCUT2D eigenvalue weighted by Gasteiger charge is -2.18. The second-order valence-corrected chi connectivity index (χ2v) is 16.3. The summed E-state index contributed by atoms with van der Waals surface area (Å²) in [7, 11) is 0. The molecule has 0 aromatic carbocycles. The lowest BCUT2D eigenvalue weighted by molar-refractivity contribution is -0.163. The van der Waals surface area contributed by atoms with Gasteiger partial charge in [0.05, 0.1) is 6.61 Å². The van der Waals surface area contributed by atoms with Gasteiger partial charge in [-0.2, -0.15) is 0 Å². The summed E-state index contributed by atoms with van der Waals surface area (Å²) in [5.41, 5.74) is 0. The van der Waals surface area contributed by atoms with Crippen LogP contribution in [0, 0.1) is 0 Å². The van der Waals surface area contributed by atoms with Crippen molar-refractivity contribution in [2.24, 2.45) is 0 Å². The number of carbonyl (C=O) groups is 2. The third-order valence-electron chi connectivity index (χ3n) is 10.5. The molecule has 336 valence electrons. The second-order valence-electron chi connectivity index (χ2n) is 16.3. The SMILES string of the molecule is CC/C=C\C/C=C\C/C=C\CCCCCCCC(=O)OCC(COCCCCCCCCCCCC/C=C\C/C=C\CCCCC)OC(=O)CCCCCCCCC. The van der Waals surface area contributed by atoms with Gasteiger partial charge in [-0.1, -0.05) is 204 Å². The molecule has 0 aromatic heterocycles. The van der Waals surface area contributed by atoms with E-state index in [1.807, 2.05) is 0 Å². The minimum Gasteiger partial charge on any atom is -0.462 e. The molecule has 0 fully saturated rings. The maximum absolute atomic E-state index is 12.7. The highest BCUT2D eigenvalue weighted by Crippen LogP contribution is 2.14. The Balaban J connectivity index is 4.12. The highest BCUT2D eigenvalue weighted by molar-refractivity contribution is 5.70. The first-order valence-corrected chi connectivity index (χ1v) is 24.8. The van der Waals surface area contributed by atoms with Crippen LogP contribution in [0.3, 0.4) is 0 Å². The molecule has 5 heteroatoms. The number of allylic oxidation sites excluding steroid dienone is 10. The molecule has 0 radical (unpaired) electrons. The minimum atomic E-state index is -0.541. The van der Waals surface area contributed by atoms with Gasteiger partial charge in [0.2, 0.25) is 0 Å². The number of ether oxygens (including phenoxy) is 3. The van der Waals surface area contributed by atoms with Crippen molar-refractivity contribution in [2.45, 2.75) is 245 Å². The Morgan fingerprint density at radius 3 is 1.28 bits per heavy atom. The van der Waals surface area contributed by atoms with Crippen LogP contribution in [0.15, 0.2) is 60.8 Å². The predicted molar refractivity (Wildman–Crippen MR) is 251 cm³/mol. The van der Waals surface area contributed by atoms with E-state index in [1.165, 1.54) is 128 Å². The van der Waals surface area contributed by atoms with Gasteiger partial charge >= 0.3 is 11.9 Å². The van der Waals surface area contributed by atoms with E-state index in [0.29, 0.717) is 19.4 Å². The molecule has 0 saturated heterocycles. The van der Waals surface area contributed by atoms with Crippen LogP contribution < -0.4 is 0 Å². The average molecular weight is 811 g/mol. The first kappa shape index (κ1) is 55.6. The predicted octanol–water partition coefficient (Wildman–Crippen LogP) is 16.6. The largest absolute Gasteiger partial charge is 0.462 e. The van der Waals surface area contributed by atoms with Crippen molar-refractivity contribution in [1.29, 1.82) is 0 Å². The van der Waals surface area contributed by atoms with Crippen LogP contribution >= 0.6 is 0 Å². The van der Waals surface area contributed by atoms with E-state index >= 15 is 0 Å². The maximum Gasteiger partial charge on any atom is 0.306 e. The topological polar surface area (TPSA) is 61.8 Å². The van der Waals surface area contributed by atoms with E-state index in [0.717, 1.165) is 77.0 Å². The fraction of sp³-hybridized carbons (Fsp3) is 0.774. The van der Waals surface area contributed by atoms with E-state index in [1.54, 1.807) is 0 Å². The molecule has 0 rings (SSSR count). The summed E-state index contributed by atoms with van der Waals surface area (Å²) >= 11 is 0. The lowest BCUT2D eigenvalue weighted by Crippen LogP contribution is -2.30. The standard InChI is InChI=1S/C53H94O5/c1-4-7-10-13-16-18-20-22-24-25-26-27-28-30-32-34-36-39-42-45-48-56-49-51(58-53(55)47-44-41-37-15-12-9-6-3)50-57-52(54)46-43-40-38-35-33-31-29-23-21-19-17-14-11-8-5-2/h8,11,16-19,22-24,29,51H,4-7,9-10,12-15,20-21,25-28,30-50H2,1-3H3/b11-8-,18-16-,19-17-,24-22-,29-23-. The summed E-state index contributed by atoms with van der Waals surface area (Å²) < 4.78 is 17.3. The monoisotopic (exact) mass is 811 g/mol. The molecular formula is C53H94O5. The Hall–Kier alpha value is -2.40. The van der Waals surface area contributed by atoms with Gasteiger partial charge < -0.3 is 14.2 Å². The first-order valence-electron chi connectivity index (χ1n) is 24.8. The smallest absolute Gasteiger partial charge is 0.306 e. The molecule has 0 N–H and O–H groups in total. The van der Waals surface area contributed by atoms with Gasteiger partial charge in [0.15, 0.2) is 6.10 Å². The zero-order chi connectivity index (χ0) is 42.1. The Morgan fingerprint density at radius 1 is 0.397 bits per heavy atom. The highest BCUT2D eigenvalue weighted by atomic mass is 16.6. The summed E-state index contributed by atoms with van der Waals surface area (Å²) in [6.45, 7) is 7.65. The zero-order valence-electron chi connectivity index (χ0n) is 38.6. The molecule has 1 atom stereocenters. The van der Waals surface area contributed by atoms with Gasteiger partial charge in [0.1, 0.15) is 6.61 Å². The van der Waals surface area contributed by atoms with Gasteiger partial charge in [0.25, 0.3) is 0 Å². The van der Waals surface area contributed by atoms with Gasteiger partial charge in [-0.15, -0.1) is 0 Å². The number of carbonyl (C=O) groups excluding carboxylic acids is 2. The van der Waals surface area contributed by atoms with E-state index in [2.05, 4.69) is 81.5 Å². The zero-order valence-corrected chi connectivity index (χ0v) is 38.6. The first-order chi connectivity index (χ1) is 28.6. The molecule has 0 bridgehead atoms.